The Morgan fingerprint density at radius 2 is 1.93 bits per heavy atom. The molecule has 1 aliphatic rings. The van der Waals surface area contributed by atoms with Gasteiger partial charge in [0, 0.05) is 31.2 Å². The van der Waals surface area contributed by atoms with Crippen LogP contribution in [0.2, 0.25) is 0 Å². The first-order chi connectivity index (χ1) is 14.1. The first-order valence-corrected chi connectivity index (χ1v) is 9.45. The van der Waals surface area contributed by atoms with Gasteiger partial charge in [-0.05, 0) is 55.2 Å². The quantitative estimate of drug-likeness (QED) is 0.698. The summed E-state index contributed by atoms with van der Waals surface area (Å²) in [5.41, 5.74) is 2.21. The smallest absolute Gasteiger partial charge is 0.287 e. The molecule has 4 rings (SSSR count). The summed E-state index contributed by atoms with van der Waals surface area (Å²) in [5, 5.41) is 5.51. The number of benzene rings is 1. The molecule has 0 saturated carbocycles. The molecular weight excluding hydrogens is 373 g/mol. The summed E-state index contributed by atoms with van der Waals surface area (Å²) in [6.45, 7) is 0.974. The van der Waals surface area contributed by atoms with E-state index in [2.05, 4.69) is 20.6 Å². The van der Waals surface area contributed by atoms with Crippen LogP contribution in [0.3, 0.4) is 0 Å². The third kappa shape index (κ3) is 4.16. The highest BCUT2D eigenvalue weighted by Gasteiger charge is 2.27. The molecule has 0 fully saturated rings. The normalized spacial score (nSPS) is 12.9. The molecule has 0 spiro atoms. The first kappa shape index (κ1) is 18.8. The lowest BCUT2D eigenvalue weighted by Gasteiger charge is -2.17. The van der Waals surface area contributed by atoms with Crippen LogP contribution in [0.1, 0.15) is 45.2 Å². The molecule has 3 heterocycles. The number of aromatic nitrogens is 3. The van der Waals surface area contributed by atoms with Crippen molar-refractivity contribution in [2.45, 2.75) is 32.4 Å². The van der Waals surface area contributed by atoms with Gasteiger partial charge >= 0.3 is 0 Å². The summed E-state index contributed by atoms with van der Waals surface area (Å²) in [6, 6.07) is 9.30. The molecule has 0 saturated heterocycles. The van der Waals surface area contributed by atoms with Crippen LogP contribution in [0.15, 0.2) is 48.8 Å². The fourth-order valence-corrected chi connectivity index (χ4v) is 3.42. The minimum Gasteiger partial charge on any atom is -0.345 e. The minimum absolute atomic E-state index is 0.211. The molecule has 3 aromatic rings. The van der Waals surface area contributed by atoms with E-state index < -0.39 is 11.7 Å². The highest BCUT2D eigenvalue weighted by atomic mass is 19.1. The fraction of sp³-hybridized carbons (Fsp3) is 0.238. The van der Waals surface area contributed by atoms with Gasteiger partial charge in [0.2, 0.25) is 0 Å². The summed E-state index contributed by atoms with van der Waals surface area (Å²) in [4.78, 5) is 33.8. The third-order valence-electron chi connectivity index (χ3n) is 4.82. The van der Waals surface area contributed by atoms with Crippen LogP contribution in [0.25, 0.3) is 0 Å². The van der Waals surface area contributed by atoms with Crippen LogP contribution in [0.4, 0.5) is 10.1 Å². The topological polar surface area (TPSA) is 88.9 Å². The number of nitrogens with one attached hydrogen (secondary N) is 2. The monoisotopic (exact) mass is 393 g/mol. The molecule has 0 atom stereocenters. The zero-order valence-electron chi connectivity index (χ0n) is 15.7. The van der Waals surface area contributed by atoms with Crippen molar-refractivity contribution in [3.63, 3.8) is 0 Å². The van der Waals surface area contributed by atoms with Gasteiger partial charge in [0.05, 0.1) is 5.69 Å². The average Bonchev–Trinajstić information content (AvgIpc) is 3.13. The van der Waals surface area contributed by atoms with Crippen LogP contribution < -0.4 is 10.6 Å². The molecule has 0 unspecified atom stereocenters. The van der Waals surface area contributed by atoms with Crippen molar-refractivity contribution in [3.05, 3.63) is 77.4 Å². The number of hydrogen-bond donors (Lipinski definition) is 2. The highest BCUT2D eigenvalue weighted by Crippen LogP contribution is 2.22. The number of carbonyl (C=O) groups is 2. The van der Waals surface area contributed by atoms with Gasteiger partial charge in [0.1, 0.15) is 5.82 Å². The zero-order chi connectivity index (χ0) is 20.2. The van der Waals surface area contributed by atoms with Crippen LogP contribution in [-0.2, 0) is 19.5 Å². The minimum atomic E-state index is -0.450. The Kier molecular flexibility index (Phi) is 5.33. The molecule has 1 aliphatic heterocycles. The van der Waals surface area contributed by atoms with E-state index in [9.17, 15) is 14.0 Å². The Labute approximate surface area is 167 Å². The Morgan fingerprint density at radius 3 is 2.72 bits per heavy atom. The Hall–Kier alpha value is -3.55. The van der Waals surface area contributed by atoms with Crippen molar-refractivity contribution >= 4 is 17.5 Å². The lowest BCUT2D eigenvalue weighted by Crippen LogP contribution is -2.27. The Bertz CT molecular complexity index is 1050. The van der Waals surface area contributed by atoms with Crippen LogP contribution in [0, 0.1) is 5.82 Å². The largest absolute Gasteiger partial charge is 0.345 e. The molecule has 148 valence electrons. The molecule has 0 radical (unpaired) electrons. The molecule has 2 amide bonds. The van der Waals surface area contributed by atoms with Gasteiger partial charge in [-0.3, -0.25) is 14.6 Å². The maximum atomic E-state index is 13.4. The summed E-state index contributed by atoms with van der Waals surface area (Å²) in [5.74, 6) is -1.01. The average molecular weight is 393 g/mol. The summed E-state index contributed by atoms with van der Waals surface area (Å²) >= 11 is 0. The molecule has 2 N–H and O–H groups in total. The van der Waals surface area contributed by atoms with Crippen molar-refractivity contribution < 1.29 is 14.0 Å². The Balaban J connectivity index is 1.56. The van der Waals surface area contributed by atoms with E-state index >= 15 is 0 Å². The summed E-state index contributed by atoms with van der Waals surface area (Å²) in [6.07, 6.45) is 5.82. The maximum Gasteiger partial charge on any atom is 0.287 e. The van der Waals surface area contributed by atoms with Crippen LogP contribution in [-0.4, -0.2) is 26.3 Å². The molecule has 0 bridgehead atoms. The van der Waals surface area contributed by atoms with Gasteiger partial charge in [-0.25, -0.2) is 9.37 Å². The fourth-order valence-electron chi connectivity index (χ4n) is 3.42. The second-order valence-electron chi connectivity index (χ2n) is 6.84. The number of carbonyl (C=O) groups excluding carboxylic acids is 2. The predicted molar refractivity (Wildman–Crippen MR) is 105 cm³/mol. The lowest BCUT2D eigenvalue weighted by molar-refractivity contribution is 0.0935. The van der Waals surface area contributed by atoms with Gasteiger partial charge in [-0.15, -0.1) is 0 Å². The van der Waals surface area contributed by atoms with E-state index in [0.29, 0.717) is 25.2 Å². The number of nitrogens with zero attached hydrogens (tertiary/aromatic N) is 3. The summed E-state index contributed by atoms with van der Waals surface area (Å²) < 4.78 is 15.2. The molecule has 0 aliphatic carbocycles. The number of pyridine rings is 1. The van der Waals surface area contributed by atoms with Crippen molar-refractivity contribution in [1.82, 2.24) is 19.9 Å². The maximum absolute atomic E-state index is 13.4. The Morgan fingerprint density at radius 1 is 1.10 bits per heavy atom. The molecule has 1 aromatic carbocycles. The van der Waals surface area contributed by atoms with Gasteiger partial charge in [-0.2, -0.15) is 0 Å². The van der Waals surface area contributed by atoms with Gasteiger partial charge in [0.25, 0.3) is 11.8 Å². The lowest BCUT2D eigenvalue weighted by atomic mass is 10.1. The second-order valence-corrected chi connectivity index (χ2v) is 6.84. The third-order valence-corrected chi connectivity index (χ3v) is 4.82. The molecular formula is C21H20FN5O2. The predicted octanol–water partition coefficient (Wildman–Crippen LogP) is 2.94. The van der Waals surface area contributed by atoms with E-state index in [1.165, 1.54) is 18.2 Å². The van der Waals surface area contributed by atoms with Crippen molar-refractivity contribution in [2.75, 3.05) is 5.32 Å². The first-order valence-electron chi connectivity index (χ1n) is 9.45. The van der Waals surface area contributed by atoms with Gasteiger partial charge in [0.15, 0.2) is 11.5 Å². The zero-order valence-corrected chi connectivity index (χ0v) is 15.7. The van der Waals surface area contributed by atoms with Crippen molar-refractivity contribution in [1.29, 1.82) is 0 Å². The number of imidazole rings is 1. The molecule has 29 heavy (non-hydrogen) atoms. The molecule has 2 aromatic heterocycles. The number of fused-ring (bicyclic) bond motifs is 1. The number of hydrogen-bond acceptors (Lipinski definition) is 4. The van der Waals surface area contributed by atoms with E-state index in [1.54, 1.807) is 18.5 Å². The molecule has 7 nitrogen and oxygen atoms in total. The van der Waals surface area contributed by atoms with E-state index in [1.807, 2.05) is 16.7 Å². The van der Waals surface area contributed by atoms with Gasteiger partial charge in [-0.1, -0.05) is 6.07 Å². The van der Waals surface area contributed by atoms with E-state index in [-0.39, 0.29) is 17.4 Å². The van der Waals surface area contributed by atoms with Crippen molar-refractivity contribution in [2.24, 2.45) is 0 Å². The van der Waals surface area contributed by atoms with Crippen LogP contribution in [0.5, 0.6) is 0 Å². The number of rotatable bonds is 5. The number of amides is 2. The highest BCUT2D eigenvalue weighted by molar-refractivity contribution is 6.05. The van der Waals surface area contributed by atoms with Gasteiger partial charge < -0.3 is 15.2 Å². The van der Waals surface area contributed by atoms with Crippen molar-refractivity contribution in [3.8, 4) is 0 Å². The second kappa shape index (κ2) is 8.22. The summed E-state index contributed by atoms with van der Waals surface area (Å²) in [7, 11) is 0. The van der Waals surface area contributed by atoms with Crippen LogP contribution >= 0.6 is 0 Å². The van der Waals surface area contributed by atoms with E-state index in [4.69, 9.17) is 0 Å². The SMILES string of the molecule is O=C(Nc1cccc(F)c1)c1nc(C(=O)NCc2ccncc2)n2c1CCCC2. The standard InChI is InChI=1S/C21H20FN5O2/c22-15-4-3-5-16(12-15)25-20(28)18-17-6-1-2-11-27(17)19(26-18)21(29)24-13-14-7-9-23-10-8-14/h3-5,7-10,12H,1-2,6,11,13H2,(H,24,29)(H,25,28). The van der Waals surface area contributed by atoms with E-state index in [0.717, 1.165) is 24.1 Å². The number of anilines is 1. The molecule has 8 heteroatoms. The number of halogens is 1.